The molecule has 0 spiro atoms. The van der Waals surface area contributed by atoms with Gasteiger partial charge in [-0.05, 0) is 122 Å². The highest BCUT2D eigenvalue weighted by atomic mass is 31.2. The maximum atomic E-state index is 13.6. The lowest BCUT2D eigenvalue weighted by Gasteiger charge is -2.27. The van der Waals surface area contributed by atoms with Gasteiger partial charge in [0.2, 0.25) is 5.91 Å². The third kappa shape index (κ3) is 58.6. The molecule has 0 saturated carbocycles. The molecule has 0 rings (SSSR count). The lowest BCUT2D eigenvalue weighted by molar-refractivity contribution is -0.870. The Morgan fingerprint density at radius 2 is 0.810 bits per heavy atom. The third-order valence-corrected chi connectivity index (χ3v) is 14.1. The topological polar surface area (TPSA) is 111 Å². The molecule has 450 valence electrons. The molecule has 10 heteroatoms. The van der Waals surface area contributed by atoms with E-state index in [4.69, 9.17) is 13.8 Å². The Morgan fingerprint density at radius 3 is 1.23 bits per heavy atom. The summed E-state index contributed by atoms with van der Waals surface area (Å²) in [6.45, 7) is 6.73. The molecule has 0 bridgehead atoms. The average molecular weight is 1120 g/mol. The number of amides is 1. The van der Waals surface area contributed by atoms with Gasteiger partial charge in [-0.15, -0.1) is 0 Å². The zero-order valence-corrected chi connectivity index (χ0v) is 52.2. The van der Waals surface area contributed by atoms with Crippen LogP contribution in [0.15, 0.2) is 134 Å². The quantitative estimate of drug-likeness (QED) is 0.0205. The van der Waals surface area contributed by atoms with Crippen molar-refractivity contribution in [3.63, 3.8) is 0 Å². The van der Waals surface area contributed by atoms with Crippen molar-refractivity contribution in [1.82, 2.24) is 5.32 Å². The van der Waals surface area contributed by atoms with Gasteiger partial charge in [0.1, 0.15) is 19.3 Å². The van der Waals surface area contributed by atoms with E-state index in [0.29, 0.717) is 23.9 Å². The fourth-order valence-electron chi connectivity index (χ4n) is 8.29. The number of esters is 1. The molecule has 0 fully saturated rings. The van der Waals surface area contributed by atoms with Crippen molar-refractivity contribution in [3.05, 3.63) is 134 Å². The van der Waals surface area contributed by atoms with Crippen molar-refractivity contribution < 1.29 is 37.3 Å². The summed E-state index contributed by atoms with van der Waals surface area (Å²) in [5.41, 5.74) is 0. The molecule has 1 amide bonds. The van der Waals surface area contributed by atoms with E-state index in [1.54, 1.807) is 0 Å². The highest BCUT2D eigenvalue weighted by Crippen LogP contribution is 2.43. The smallest absolute Gasteiger partial charge is 0.456 e. The van der Waals surface area contributed by atoms with E-state index in [9.17, 15) is 19.0 Å². The van der Waals surface area contributed by atoms with Crippen LogP contribution in [0.25, 0.3) is 0 Å². The number of phosphoric ester groups is 1. The van der Waals surface area contributed by atoms with Gasteiger partial charge in [0, 0.05) is 12.8 Å². The molecule has 0 heterocycles. The molecule has 0 radical (unpaired) electrons. The number of unbranched alkanes of at least 4 members (excludes halogenated alkanes) is 19. The van der Waals surface area contributed by atoms with Gasteiger partial charge in [0.05, 0.1) is 33.8 Å². The van der Waals surface area contributed by atoms with E-state index in [1.165, 1.54) is 64.2 Å². The predicted molar refractivity (Wildman–Crippen MR) is 341 cm³/mol. The Morgan fingerprint density at radius 1 is 0.456 bits per heavy atom. The first-order valence-corrected chi connectivity index (χ1v) is 33.0. The zero-order chi connectivity index (χ0) is 57.9. The molecule has 0 aromatic carbocycles. The number of ether oxygens (including phenoxy) is 1. The van der Waals surface area contributed by atoms with Gasteiger partial charge in [-0.25, -0.2) is 4.57 Å². The lowest BCUT2D eigenvalue weighted by atomic mass is 10.1. The van der Waals surface area contributed by atoms with Crippen molar-refractivity contribution in [2.24, 2.45) is 0 Å². The van der Waals surface area contributed by atoms with Crippen LogP contribution in [0.5, 0.6) is 0 Å². The number of carbonyl (C=O) groups is 2. The second kappa shape index (κ2) is 57.4. The molecule has 0 aromatic rings. The van der Waals surface area contributed by atoms with Crippen LogP contribution in [0.1, 0.15) is 239 Å². The van der Waals surface area contributed by atoms with Crippen molar-refractivity contribution >= 4 is 19.7 Å². The number of allylic oxidation sites excluding steroid dienone is 21. The summed E-state index contributed by atoms with van der Waals surface area (Å²) in [5.74, 6) is -0.566. The highest BCUT2D eigenvalue weighted by Gasteiger charge is 2.30. The number of quaternary nitrogens is 1. The Labute approximate surface area is 485 Å². The van der Waals surface area contributed by atoms with Crippen molar-refractivity contribution in [2.45, 2.75) is 251 Å². The van der Waals surface area contributed by atoms with E-state index in [2.05, 4.69) is 148 Å². The maximum absolute atomic E-state index is 13.6. The first-order valence-electron chi connectivity index (χ1n) is 31.5. The summed E-state index contributed by atoms with van der Waals surface area (Å²) in [5, 5.41) is 3.04. The van der Waals surface area contributed by atoms with Gasteiger partial charge in [0.25, 0.3) is 0 Å². The highest BCUT2D eigenvalue weighted by molar-refractivity contribution is 7.47. The Bertz CT molecular complexity index is 1810. The minimum absolute atomic E-state index is 0.0245. The van der Waals surface area contributed by atoms with Crippen LogP contribution in [0, 0.1) is 0 Å². The van der Waals surface area contributed by atoms with Crippen molar-refractivity contribution in [2.75, 3.05) is 40.9 Å². The second-order valence-electron chi connectivity index (χ2n) is 21.8. The molecule has 0 saturated heterocycles. The first-order chi connectivity index (χ1) is 38.4. The molecule has 0 aromatic heterocycles. The minimum atomic E-state index is -4.47. The number of likely N-dealkylation sites (N-methyl/N-ethyl adjacent to an activating group) is 1. The van der Waals surface area contributed by atoms with Gasteiger partial charge >= 0.3 is 13.8 Å². The SMILES string of the molecule is CC/C=C\C/C=C\C/C=C\C/C=C\C/C=C\CCCCCCCCCC(=O)NC(COP(=O)(O)OCC[N+](C)(C)C)C(/C=C\CCCCCCCCCCC)OC(=O)CCCCC/C=C\C/C=C\C/C=C\C/C=C\C/C=C\CC. The summed E-state index contributed by atoms with van der Waals surface area (Å²) in [6, 6.07) is -0.878. The number of hydrogen-bond acceptors (Lipinski definition) is 6. The van der Waals surface area contributed by atoms with Gasteiger partial charge in [-0.1, -0.05) is 238 Å². The summed E-state index contributed by atoms with van der Waals surface area (Å²) in [7, 11) is 1.45. The minimum Gasteiger partial charge on any atom is -0.456 e. The third-order valence-electron chi connectivity index (χ3n) is 13.1. The monoisotopic (exact) mass is 1120 g/mol. The van der Waals surface area contributed by atoms with E-state index in [-0.39, 0.29) is 31.5 Å². The molecule has 9 nitrogen and oxygen atoms in total. The van der Waals surface area contributed by atoms with E-state index < -0.39 is 20.0 Å². The van der Waals surface area contributed by atoms with Gasteiger partial charge in [-0.3, -0.25) is 18.6 Å². The maximum Gasteiger partial charge on any atom is 0.472 e. The Hall–Kier alpha value is -3.85. The fraction of sp³-hybridized carbons (Fsp3) is 0.652. The zero-order valence-electron chi connectivity index (χ0n) is 51.3. The van der Waals surface area contributed by atoms with Crippen LogP contribution in [0.2, 0.25) is 0 Å². The van der Waals surface area contributed by atoms with Gasteiger partial charge in [0.15, 0.2) is 0 Å². The van der Waals surface area contributed by atoms with Crippen molar-refractivity contribution in [1.29, 1.82) is 0 Å². The number of carbonyl (C=O) groups excluding carboxylic acids is 2. The summed E-state index contributed by atoms with van der Waals surface area (Å²) in [6.07, 6.45) is 81.7. The Kier molecular flexibility index (Phi) is 54.6. The number of rotatable bonds is 55. The molecule has 0 aliphatic heterocycles. The molecule has 0 aliphatic carbocycles. The van der Waals surface area contributed by atoms with Crippen LogP contribution in [0.4, 0.5) is 0 Å². The molecule has 3 atom stereocenters. The number of hydrogen-bond donors (Lipinski definition) is 2. The van der Waals surface area contributed by atoms with Crippen molar-refractivity contribution in [3.8, 4) is 0 Å². The molecule has 79 heavy (non-hydrogen) atoms. The van der Waals surface area contributed by atoms with Crippen LogP contribution in [-0.2, 0) is 27.9 Å². The number of phosphoric acid groups is 1. The molecule has 2 N–H and O–H groups in total. The molecule has 0 aliphatic rings. The van der Waals surface area contributed by atoms with Crippen LogP contribution in [-0.4, -0.2) is 74.3 Å². The molecular formula is C69H118N2O7P+. The fourth-order valence-corrected chi connectivity index (χ4v) is 9.02. The number of nitrogens with one attached hydrogen (secondary N) is 1. The lowest BCUT2D eigenvalue weighted by Crippen LogP contribution is -2.47. The van der Waals surface area contributed by atoms with E-state index >= 15 is 0 Å². The molecule has 3 unspecified atom stereocenters. The Balaban J connectivity index is 5.28. The standard InChI is InChI=1S/C69H117N2O7P/c1-7-10-13-16-19-22-25-27-29-31-33-34-35-36-38-39-41-43-46-49-52-55-58-61-68(72)70-66(65-77-79(74,75)76-64-63-71(4,5)6)67(60-57-54-51-48-45-24-21-18-15-12-9-3)78-69(73)62-59-56-53-50-47-44-42-40-37-32-30-28-26-23-20-17-14-11-8-2/h10-11,13-14,19-20,22-23,27-30,33-34,36-38,40,44,47,57,60,66-67H,7-9,12,15-18,21,24-26,31-32,35,39,41-43,45-46,48-56,58-59,61-65H2,1-6H3,(H-,70,72,74,75)/p+1/b13-10-,14-11-,22-19-,23-20-,29-27-,30-28-,34-33-,38-36-,40-37-,47-44-,60-57-. The van der Waals surface area contributed by atoms with E-state index in [0.717, 1.165) is 135 Å². The van der Waals surface area contributed by atoms with Gasteiger partial charge in [-0.2, -0.15) is 0 Å². The normalized spacial score (nSPS) is 14.6. The average Bonchev–Trinajstić information content (AvgIpc) is 3.41. The van der Waals surface area contributed by atoms with Crippen LogP contribution < -0.4 is 5.32 Å². The summed E-state index contributed by atoms with van der Waals surface area (Å²) >= 11 is 0. The number of nitrogens with zero attached hydrogens (tertiary/aromatic N) is 1. The van der Waals surface area contributed by atoms with Gasteiger partial charge < -0.3 is 19.4 Å². The second-order valence-corrected chi connectivity index (χ2v) is 23.3. The van der Waals surface area contributed by atoms with Crippen LogP contribution >= 0.6 is 7.82 Å². The summed E-state index contributed by atoms with van der Waals surface area (Å²) in [4.78, 5) is 37.7. The largest absolute Gasteiger partial charge is 0.472 e. The molecular weight excluding hydrogens is 1000 g/mol. The van der Waals surface area contributed by atoms with Crippen LogP contribution in [0.3, 0.4) is 0 Å². The predicted octanol–water partition coefficient (Wildman–Crippen LogP) is 19.7. The summed E-state index contributed by atoms with van der Waals surface area (Å²) < 4.78 is 30.7. The van der Waals surface area contributed by atoms with E-state index in [1.807, 2.05) is 33.3 Å². The first kappa shape index (κ1) is 75.2.